The molecule has 0 aliphatic heterocycles. The normalized spacial score (nSPS) is 11.0. The lowest BCUT2D eigenvalue weighted by Crippen LogP contribution is -2.05. The van der Waals surface area contributed by atoms with Crippen molar-refractivity contribution in [3.63, 3.8) is 0 Å². The largest absolute Gasteiger partial charge is 0.508 e. The van der Waals surface area contributed by atoms with E-state index in [4.69, 9.17) is 5.11 Å². The third kappa shape index (κ3) is 3.80. The SMILES string of the molecule is CC(C)CCn1c(-c2ccc(O)cc2)ccc1-c1ccc(C(=O)O)cc1. The molecule has 26 heavy (non-hydrogen) atoms. The molecular weight excluding hydrogens is 326 g/mol. The summed E-state index contributed by atoms with van der Waals surface area (Å²) in [7, 11) is 0. The summed E-state index contributed by atoms with van der Waals surface area (Å²) in [5, 5.41) is 18.6. The lowest BCUT2D eigenvalue weighted by Gasteiger charge is -2.15. The maximum atomic E-state index is 11.1. The minimum absolute atomic E-state index is 0.249. The van der Waals surface area contributed by atoms with Crippen LogP contribution < -0.4 is 0 Å². The van der Waals surface area contributed by atoms with E-state index < -0.39 is 5.97 Å². The molecule has 0 amide bonds. The van der Waals surface area contributed by atoms with Gasteiger partial charge in [-0.15, -0.1) is 0 Å². The Balaban J connectivity index is 2.04. The van der Waals surface area contributed by atoms with E-state index in [1.165, 1.54) is 0 Å². The van der Waals surface area contributed by atoms with Crippen molar-refractivity contribution in [1.29, 1.82) is 0 Å². The Morgan fingerprint density at radius 3 is 1.85 bits per heavy atom. The van der Waals surface area contributed by atoms with Crippen LogP contribution in [-0.4, -0.2) is 20.7 Å². The molecule has 2 aromatic carbocycles. The number of phenols is 1. The molecule has 0 saturated carbocycles. The van der Waals surface area contributed by atoms with Crippen molar-refractivity contribution in [2.45, 2.75) is 26.8 Å². The number of hydrogen-bond donors (Lipinski definition) is 2. The summed E-state index contributed by atoms with van der Waals surface area (Å²) < 4.78 is 2.27. The van der Waals surface area contributed by atoms with E-state index in [0.717, 1.165) is 35.5 Å². The molecule has 3 aromatic rings. The highest BCUT2D eigenvalue weighted by molar-refractivity contribution is 5.88. The average molecular weight is 349 g/mol. The first-order chi connectivity index (χ1) is 12.5. The Hall–Kier alpha value is -3.01. The molecule has 0 spiro atoms. The third-order valence-corrected chi connectivity index (χ3v) is 4.50. The van der Waals surface area contributed by atoms with Crippen LogP contribution in [0.15, 0.2) is 60.7 Å². The molecular formula is C22H23NO3. The monoisotopic (exact) mass is 349 g/mol. The van der Waals surface area contributed by atoms with Gasteiger partial charge in [-0.25, -0.2) is 4.79 Å². The molecule has 1 aromatic heterocycles. The second-order valence-electron chi connectivity index (χ2n) is 6.87. The van der Waals surface area contributed by atoms with E-state index in [1.54, 1.807) is 24.3 Å². The topological polar surface area (TPSA) is 62.5 Å². The van der Waals surface area contributed by atoms with Gasteiger partial charge in [0.25, 0.3) is 0 Å². The van der Waals surface area contributed by atoms with E-state index >= 15 is 0 Å². The predicted octanol–water partition coefficient (Wildman–Crippen LogP) is 5.27. The van der Waals surface area contributed by atoms with E-state index in [9.17, 15) is 9.90 Å². The second-order valence-corrected chi connectivity index (χ2v) is 6.87. The molecule has 0 aliphatic rings. The number of carbonyl (C=O) groups is 1. The molecule has 0 saturated heterocycles. The smallest absolute Gasteiger partial charge is 0.335 e. The number of nitrogens with zero attached hydrogens (tertiary/aromatic N) is 1. The van der Waals surface area contributed by atoms with Gasteiger partial charge in [0.1, 0.15) is 5.75 Å². The standard InChI is InChI=1S/C22H23NO3/c1-15(2)13-14-23-20(16-3-5-18(6-4-16)22(25)26)11-12-21(23)17-7-9-19(24)10-8-17/h3-12,15,24H,13-14H2,1-2H3,(H,25,26). The van der Waals surface area contributed by atoms with E-state index in [-0.39, 0.29) is 11.3 Å². The first-order valence-electron chi connectivity index (χ1n) is 8.78. The summed E-state index contributed by atoms with van der Waals surface area (Å²) in [5.41, 5.74) is 4.46. The quantitative estimate of drug-likeness (QED) is 0.637. The number of aromatic nitrogens is 1. The Bertz CT molecular complexity index is 890. The number of carboxylic acids is 1. The molecule has 4 heteroatoms. The number of aromatic carboxylic acids is 1. The van der Waals surface area contributed by atoms with Crippen molar-refractivity contribution >= 4 is 5.97 Å². The summed E-state index contributed by atoms with van der Waals surface area (Å²) in [6, 6.07) is 18.3. The predicted molar refractivity (Wildman–Crippen MR) is 103 cm³/mol. The van der Waals surface area contributed by atoms with Crippen molar-refractivity contribution in [1.82, 2.24) is 4.57 Å². The van der Waals surface area contributed by atoms with Gasteiger partial charge in [0.15, 0.2) is 0 Å². The molecule has 2 N–H and O–H groups in total. The van der Waals surface area contributed by atoms with Crippen molar-refractivity contribution < 1.29 is 15.0 Å². The van der Waals surface area contributed by atoms with Crippen LogP contribution in [-0.2, 0) is 6.54 Å². The van der Waals surface area contributed by atoms with Gasteiger partial charge in [0.2, 0.25) is 0 Å². The number of benzene rings is 2. The molecule has 0 atom stereocenters. The van der Waals surface area contributed by atoms with E-state index in [2.05, 4.69) is 30.5 Å². The highest BCUT2D eigenvalue weighted by Crippen LogP contribution is 2.31. The number of carboxylic acid groups (broad SMARTS) is 1. The summed E-state index contributed by atoms with van der Waals surface area (Å²) in [6.07, 6.45) is 1.04. The van der Waals surface area contributed by atoms with Crippen LogP contribution in [0, 0.1) is 5.92 Å². The molecule has 1 heterocycles. The van der Waals surface area contributed by atoms with Crippen LogP contribution in [0.1, 0.15) is 30.6 Å². The first kappa shape index (κ1) is 17.8. The van der Waals surface area contributed by atoms with Crippen molar-refractivity contribution in [3.8, 4) is 28.3 Å². The van der Waals surface area contributed by atoms with E-state index in [1.807, 2.05) is 24.3 Å². The second kappa shape index (κ2) is 7.48. The first-order valence-corrected chi connectivity index (χ1v) is 8.78. The van der Waals surface area contributed by atoms with Crippen LogP contribution in [0.25, 0.3) is 22.5 Å². The number of hydrogen-bond acceptors (Lipinski definition) is 2. The Morgan fingerprint density at radius 2 is 1.38 bits per heavy atom. The van der Waals surface area contributed by atoms with Crippen molar-refractivity contribution in [2.24, 2.45) is 5.92 Å². The fourth-order valence-corrected chi connectivity index (χ4v) is 3.02. The fourth-order valence-electron chi connectivity index (χ4n) is 3.02. The zero-order valence-electron chi connectivity index (χ0n) is 15.0. The molecule has 0 unspecified atom stereocenters. The van der Waals surface area contributed by atoms with Crippen LogP contribution in [0.5, 0.6) is 5.75 Å². The zero-order chi connectivity index (χ0) is 18.7. The highest BCUT2D eigenvalue weighted by atomic mass is 16.4. The van der Waals surface area contributed by atoms with Crippen LogP contribution in [0.3, 0.4) is 0 Å². The average Bonchev–Trinajstić information content (AvgIpc) is 3.04. The summed E-state index contributed by atoms with van der Waals surface area (Å²) in [6.45, 7) is 5.27. The minimum Gasteiger partial charge on any atom is -0.508 e. The van der Waals surface area contributed by atoms with Crippen LogP contribution in [0.4, 0.5) is 0 Å². The molecule has 0 aliphatic carbocycles. The Morgan fingerprint density at radius 1 is 0.885 bits per heavy atom. The number of phenolic OH excluding ortho intramolecular Hbond substituents is 1. The van der Waals surface area contributed by atoms with Crippen LogP contribution in [0.2, 0.25) is 0 Å². The maximum Gasteiger partial charge on any atom is 0.335 e. The fraction of sp³-hybridized carbons (Fsp3) is 0.227. The van der Waals surface area contributed by atoms with E-state index in [0.29, 0.717) is 5.92 Å². The van der Waals surface area contributed by atoms with Gasteiger partial charge in [-0.2, -0.15) is 0 Å². The molecule has 134 valence electrons. The van der Waals surface area contributed by atoms with Gasteiger partial charge in [0.05, 0.1) is 5.56 Å². The highest BCUT2D eigenvalue weighted by Gasteiger charge is 2.13. The molecule has 0 radical (unpaired) electrons. The third-order valence-electron chi connectivity index (χ3n) is 4.50. The zero-order valence-corrected chi connectivity index (χ0v) is 15.0. The summed E-state index contributed by atoms with van der Waals surface area (Å²) in [5.74, 6) is -0.0950. The van der Waals surface area contributed by atoms with Gasteiger partial charge in [-0.3, -0.25) is 0 Å². The Labute approximate surface area is 153 Å². The summed E-state index contributed by atoms with van der Waals surface area (Å²) >= 11 is 0. The lowest BCUT2D eigenvalue weighted by molar-refractivity contribution is 0.0697. The van der Waals surface area contributed by atoms with Gasteiger partial charge >= 0.3 is 5.97 Å². The van der Waals surface area contributed by atoms with Gasteiger partial charge in [-0.1, -0.05) is 26.0 Å². The van der Waals surface area contributed by atoms with Gasteiger partial charge in [-0.05, 0) is 72.0 Å². The van der Waals surface area contributed by atoms with Crippen molar-refractivity contribution in [2.75, 3.05) is 0 Å². The Kier molecular flexibility index (Phi) is 5.12. The maximum absolute atomic E-state index is 11.1. The molecule has 3 rings (SSSR count). The molecule has 0 bridgehead atoms. The molecule has 0 fully saturated rings. The summed E-state index contributed by atoms with van der Waals surface area (Å²) in [4.78, 5) is 11.1. The lowest BCUT2D eigenvalue weighted by atomic mass is 10.1. The van der Waals surface area contributed by atoms with Crippen LogP contribution >= 0.6 is 0 Å². The number of aromatic hydroxyl groups is 1. The minimum atomic E-state index is -0.920. The van der Waals surface area contributed by atoms with Gasteiger partial charge in [0, 0.05) is 17.9 Å². The molecule has 4 nitrogen and oxygen atoms in total. The van der Waals surface area contributed by atoms with Gasteiger partial charge < -0.3 is 14.8 Å². The van der Waals surface area contributed by atoms with Crippen molar-refractivity contribution in [3.05, 3.63) is 66.2 Å². The number of rotatable bonds is 6.